The number of halogens is 1. The normalized spacial score (nSPS) is 11.8. The van der Waals surface area contributed by atoms with Crippen molar-refractivity contribution in [2.24, 2.45) is 0 Å². The summed E-state index contributed by atoms with van der Waals surface area (Å²) in [7, 11) is 0. The maximum atomic E-state index is 12.1. The fraction of sp³-hybridized carbons (Fsp3) is 0.714. The van der Waals surface area contributed by atoms with Crippen molar-refractivity contribution >= 4 is 22.0 Å². The van der Waals surface area contributed by atoms with Crippen LogP contribution in [0.4, 0.5) is 4.79 Å². The van der Waals surface area contributed by atoms with Crippen molar-refractivity contribution in [3.05, 3.63) is 11.3 Å². The highest BCUT2D eigenvalue weighted by atomic mass is 79.9. The standard InChI is InChI=1S/C14H23BrN2O3/c1-9(2)19-12-11(7-8-15)10(3)17(16-12)13(18)20-14(4,5)6/h9H,7-8H2,1-6H3. The zero-order chi connectivity index (χ0) is 15.5. The maximum absolute atomic E-state index is 12.1. The van der Waals surface area contributed by atoms with Crippen LogP contribution < -0.4 is 4.74 Å². The van der Waals surface area contributed by atoms with Crippen LogP contribution in [-0.2, 0) is 11.2 Å². The molecular weight excluding hydrogens is 324 g/mol. The summed E-state index contributed by atoms with van der Waals surface area (Å²) in [5, 5.41) is 5.03. The highest BCUT2D eigenvalue weighted by Crippen LogP contribution is 2.24. The van der Waals surface area contributed by atoms with E-state index in [1.165, 1.54) is 4.68 Å². The van der Waals surface area contributed by atoms with Gasteiger partial charge in [-0.25, -0.2) is 4.79 Å². The second-order valence-electron chi connectivity index (χ2n) is 5.87. The van der Waals surface area contributed by atoms with E-state index in [-0.39, 0.29) is 6.10 Å². The molecule has 0 bridgehead atoms. The molecule has 114 valence electrons. The third kappa shape index (κ3) is 4.51. The number of carbonyl (C=O) groups is 1. The van der Waals surface area contributed by atoms with Crippen LogP contribution in [0.15, 0.2) is 0 Å². The maximum Gasteiger partial charge on any atom is 0.435 e. The van der Waals surface area contributed by atoms with E-state index < -0.39 is 11.7 Å². The van der Waals surface area contributed by atoms with Gasteiger partial charge in [-0.05, 0) is 48.0 Å². The smallest absolute Gasteiger partial charge is 0.435 e. The number of aromatic nitrogens is 2. The minimum absolute atomic E-state index is 0.00506. The van der Waals surface area contributed by atoms with Crippen molar-refractivity contribution in [1.29, 1.82) is 0 Å². The van der Waals surface area contributed by atoms with E-state index in [0.29, 0.717) is 5.88 Å². The SMILES string of the molecule is Cc1c(CCBr)c(OC(C)C)nn1C(=O)OC(C)(C)C. The van der Waals surface area contributed by atoms with Gasteiger partial charge < -0.3 is 9.47 Å². The van der Waals surface area contributed by atoms with Crippen LogP contribution in [-0.4, -0.2) is 32.9 Å². The molecule has 20 heavy (non-hydrogen) atoms. The molecule has 0 saturated heterocycles. The predicted molar refractivity (Wildman–Crippen MR) is 81.9 cm³/mol. The van der Waals surface area contributed by atoms with Gasteiger partial charge in [-0.15, -0.1) is 5.10 Å². The molecule has 0 amide bonds. The summed E-state index contributed by atoms with van der Waals surface area (Å²) in [5.41, 5.74) is 1.14. The predicted octanol–water partition coefficient (Wildman–Crippen LogP) is 3.70. The quantitative estimate of drug-likeness (QED) is 0.780. The lowest BCUT2D eigenvalue weighted by Gasteiger charge is -2.19. The van der Waals surface area contributed by atoms with Gasteiger partial charge in [0.1, 0.15) is 5.60 Å². The second kappa shape index (κ2) is 6.61. The van der Waals surface area contributed by atoms with Gasteiger partial charge in [0.25, 0.3) is 0 Å². The first-order valence-electron chi connectivity index (χ1n) is 6.70. The summed E-state index contributed by atoms with van der Waals surface area (Å²) >= 11 is 3.41. The minimum Gasteiger partial charge on any atom is -0.474 e. The molecule has 1 aromatic rings. The molecule has 0 aromatic carbocycles. The third-order valence-electron chi connectivity index (χ3n) is 2.46. The lowest BCUT2D eigenvalue weighted by molar-refractivity contribution is 0.0507. The van der Waals surface area contributed by atoms with E-state index in [1.807, 2.05) is 41.5 Å². The van der Waals surface area contributed by atoms with Gasteiger partial charge >= 0.3 is 6.09 Å². The molecule has 0 saturated carbocycles. The zero-order valence-electron chi connectivity index (χ0n) is 13.0. The fourth-order valence-corrected chi connectivity index (χ4v) is 2.09. The van der Waals surface area contributed by atoms with Crippen molar-refractivity contribution in [2.45, 2.75) is 59.7 Å². The highest BCUT2D eigenvalue weighted by Gasteiger charge is 2.24. The summed E-state index contributed by atoms with van der Waals surface area (Å²) in [6.45, 7) is 11.2. The summed E-state index contributed by atoms with van der Waals surface area (Å²) in [6.07, 6.45) is 0.270. The number of rotatable bonds is 4. The molecule has 1 aromatic heterocycles. The lowest BCUT2D eigenvalue weighted by Crippen LogP contribution is -2.28. The number of hydrogen-bond acceptors (Lipinski definition) is 4. The topological polar surface area (TPSA) is 53.4 Å². The zero-order valence-corrected chi connectivity index (χ0v) is 14.6. The molecule has 5 nitrogen and oxygen atoms in total. The van der Waals surface area contributed by atoms with Crippen molar-refractivity contribution < 1.29 is 14.3 Å². The number of carbonyl (C=O) groups excluding carboxylic acids is 1. The molecule has 0 aliphatic heterocycles. The summed E-state index contributed by atoms with van der Waals surface area (Å²) in [5.74, 6) is 0.503. The van der Waals surface area contributed by atoms with E-state index in [0.717, 1.165) is 23.0 Å². The molecule has 0 atom stereocenters. The molecule has 0 radical (unpaired) electrons. The highest BCUT2D eigenvalue weighted by molar-refractivity contribution is 9.09. The van der Waals surface area contributed by atoms with E-state index in [4.69, 9.17) is 9.47 Å². The number of nitrogens with zero attached hydrogens (tertiary/aromatic N) is 2. The molecule has 6 heteroatoms. The molecule has 0 aliphatic rings. The van der Waals surface area contributed by atoms with Crippen molar-refractivity contribution in [2.75, 3.05) is 5.33 Å². The number of ether oxygens (including phenoxy) is 2. The van der Waals surface area contributed by atoms with Crippen LogP contribution in [0.25, 0.3) is 0 Å². The molecule has 0 fully saturated rings. The van der Waals surface area contributed by atoms with Gasteiger partial charge in [-0.3, -0.25) is 0 Å². The Labute approximate surface area is 128 Å². The lowest BCUT2D eigenvalue weighted by atomic mass is 10.2. The Bertz CT molecular complexity index is 475. The second-order valence-corrected chi connectivity index (χ2v) is 6.66. The van der Waals surface area contributed by atoms with Gasteiger partial charge in [-0.2, -0.15) is 4.68 Å². The monoisotopic (exact) mass is 346 g/mol. The summed E-state index contributed by atoms with van der Waals surface area (Å²) < 4.78 is 12.3. The van der Waals surface area contributed by atoms with Gasteiger partial charge in [0.2, 0.25) is 5.88 Å². The molecule has 0 aliphatic carbocycles. The largest absolute Gasteiger partial charge is 0.474 e. The Kier molecular flexibility index (Phi) is 5.62. The van der Waals surface area contributed by atoms with E-state index in [9.17, 15) is 4.79 Å². The molecule has 0 N–H and O–H groups in total. The van der Waals surface area contributed by atoms with E-state index in [2.05, 4.69) is 21.0 Å². The van der Waals surface area contributed by atoms with Crippen LogP contribution in [0.2, 0.25) is 0 Å². The Morgan fingerprint density at radius 3 is 2.45 bits per heavy atom. The van der Waals surface area contributed by atoms with Crippen molar-refractivity contribution in [1.82, 2.24) is 9.78 Å². The first kappa shape index (κ1) is 17.0. The third-order valence-corrected chi connectivity index (χ3v) is 2.86. The Balaban J connectivity index is 3.11. The Morgan fingerprint density at radius 1 is 1.40 bits per heavy atom. The van der Waals surface area contributed by atoms with E-state index in [1.54, 1.807) is 0 Å². The molecular formula is C14H23BrN2O3. The first-order valence-corrected chi connectivity index (χ1v) is 7.82. The molecule has 1 heterocycles. The van der Waals surface area contributed by atoms with Gasteiger partial charge in [0.15, 0.2) is 0 Å². The van der Waals surface area contributed by atoms with Crippen LogP contribution in [0.3, 0.4) is 0 Å². The van der Waals surface area contributed by atoms with Crippen LogP contribution in [0, 0.1) is 6.92 Å². The average molecular weight is 347 g/mol. The first-order chi connectivity index (χ1) is 9.15. The molecule has 1 rings (SSSR count). The fourth-order valence-electron chi connectivity index (χ4n) is 1.69. The van der Waals surface area contributed by atoms with Gasteiger partial charge in [0, 0.05) is 10.9 Å². The number of alkyl halides is 1. The summed E-state index contributed by atoms with van der Waals surface area (Å²) in [6, 6.07) is 0. The Hall–Kier alpha value is -1.04. The Morgan fingerprint density at radius 2 is 2.00 bits per heavy atom. The van der Waals surface area contributed by atoms with Gasteiger partial charge in [-0.1, -0.05) is 15.9 Å². The summed E-state index contributed by atoms with van der Waals surface area (Å²) in [4.78, 5) is 12.1. The molecule has 0 spiro atoms. The van der Waals surface area contributed by atoms with Crippen LogP contribution >= 0.6 is 15.9 Å². The van der Waals surface area contributed by atoms with Crippen LogP contribution in [0.5, 0.6) is 5.88 Å². The van der Waals surface area contributed by atoms with Gasteiger partial charge in [0.05, 0.1) is 11.8 Å². The molecule has 0 unspecified atom stereocenters. The van der Waals surface area contributed by atoms with Crippen molar-refractivity contribution in [3.8, 4) is 5.88 Å². The minimum atomic E-state index is -0.551. The number of hydrogen-bond donors (Lipinski definition) is 0. The average Bonchev–Trinajstić information content (AvgIpc) is 2.55. The van der Waals surface area contributed by atoms with E-state index >= 15 is 0 Å². The van der Waals surface area contributed by atoms with Crippen LogP contribution in [0.1, 0.15) is 45.9 Å². The van der Waals surface area contributed by atoms with Crippen molar-refractivity contribution in [3.63, 3.8) is 0 Å².